The van der Waals surface area contributed by atoms with Gasteiger partial charge in [0.1, 0.15) is 11.5 Å². The van der Waals surface area contributed by atoms with Gasteiger partial charge in [-0.3, -0.25) is 4.40 Å². The van der Waals surface area contributed by atoms with E-state index in [2.05, 4.69) is 0 Å². The highest BCUT2D eigenvalue weighted by Crippen LogP contribution is 2.35. The second-order valence-corrected chi connectivity index (χ2v) is 12.0. The fourth-order valence-electron chi connectivity index (χ4n) is 4.40. The molecule has 3 aromatic heterocycles. The first kappa shape index (κ1) is 26.7. The van der Waals surface area contributed by atoms with Crippen LogP contribution in [0.5, 0.6) is 0 Å². The van der Waals surface area contributed by atoms with Crippen molar-refractivity contribution >= 4 is 55.1 Å². The Morgan fingerprint density at radius 3 is 2.45 bits per heavy atom. The molecule has 1 aliphatic heterocycles. The summed E-state index contributed by atoms with van der Waals surface area (Å²) in [7, 11) is -3.44. The molecule has 4 aromatic rings. The number of hydrogen-bond donors (Lipinski definition) is 0. The van der Waals surface area contributed by atoms with Gasteiger partial charge >= 0.3 is 15.5 Å². The minimum atomic E-state index is -5.35. The molecule has 0 saturated carbocycles. The van der Waals surface area contributed by atoms with Crippen LogP contribution in [0.4, 0.5) is 24.1 Å². The number of alkyl halides is 3. The van der Waals surface area contributed by atoms with E-state index in [1.54, 1.807) is 0 Å². The maximum absolute atomic E-state index is 12.9. The molecule has 0 N–H and O–H groups in total. The highest BCUT2D eigenvalue weighted by molar-refractivity contribution is 7.90. The largest absolute Gasteiger partial charge is 0.511 e. The lowest BCUT2D eigenvalue weighted by atomic mass is 10.0. The van der Waals surface area contributed by atoms with E-state index in [-0.39, 0.29) is 19.5 Å². The van der Waals surface area contributed by atoms with Crippen LogP contribution in [0.3, 0.4) is 0 Å². The number of pyridine rings is 1. The molecule has 13 heteroatoms. The number of nitrogens with zero attached hydrogens (tertiary/aromatic N) is 5. The highest BCUT2D eigenvalue weighted by Gasteiger charge is 2.49. The molecule has 0 bridgehead atoms. The van der Waals surface area contributed by atoms with E-state index in [1.807, 2.05) is 71.2 Å². The molecule has 0 fully saturated rings. The van der Waals surface area contributed by atoms with Gasteiger partial charge in [0.25, 0.3) is 0 Å². The standard InChI is InChI=1S/C25H23ClF3N5O2S2/c1-3-20-23(32(2)24-31-21(15-37-24)17-4-7-19(26)8-5-17)34-14-18(6-9-22(34)30-20)16-10-12-33(13-11-16)38(35,36)25(27,28)29/h4-10,14-15H,3,11-13H2,1-2H3. The van der Waals surface area contributed by atoms with Gasteiger partial charge in [-0.25, -0.2) is 18.4 Å². The number of aromatic nitrogens is 3. The smallest absolute Gasteiger partial charge is 0.305 e. The summed E-state index contributed by atoms with van der Waals surface area (Å²) >= 11 is 7.51. The van der Waals surface area contributed by atoms with Crippen LogP contribution in [0, 0.1) is 0 Å². The Labute approximate surface area is 226 Å². The average Bonchev–Trinajstić information content (AvgIpc) is 3.53. The van der Waals surface area contributed by atoms with Crippen molar-refractivity contribution in [2.75, 3.05) is 25.0 Å². The summed E-state index contributed by atoms with van der Waals surface area (Å²) in [6.07, 6.45) is 4.27. The van der Waals surface area contributed by atoms with Gasteiger partial charge < -0.3 is 4.90 Å². The predicted octanol–water partition coefficient (Wildman–Crippen LogP) is 6.38. The van der Waals surface area contributed by atoms with Gasteiger partial charge in [0, 0.05) is 42.3 Å². The third-order valence-corrected chi connectivity index (χ3v) is 9.17. The van der Waals surface area contributed by atoms with Crippen molar-refractivity contribution in [3.8, 4) is 11.3 Å². The Kier molecular flexibility index (Phi) is 7.01. The van der Waals surface area contributed by atoms with Crippen LogP contribution in [-0.2, 0) is 16.4 Å². The molecule has 0 unspecified atom stereocenters. The van der Waals surface area contributed by atoms with E-state index in [0.29, 0.717) is 15.7 Å². The van der Waals surface area contributed by atoms with Crippen LogP contribution in [-0.4, -0.2) is 52.7 Å². The number of anilines is 2. The maximum atomic E-state index is 12.9. The molecule has 0 aliphatic carbocycles. The lowest BCUT2D eigenvalue weighted by molar-refractivity contribution is -0.0486. The van der Waals surface area contributed by atoms with Crippen molar-refractivity contribution < 1.29 is 21.6 Å². The molecule has 1 aliphatic rings. The minimum Gasteiger partial charge on any atom is -0.305 e. The number of benzene rings is 1. The quantitative estimate of drug-likeness (QED) is 0.264. The normalized spacial score (nSPS) is 15.2. The number of aryl methyl sites for hydroxylation is 1. The van der Waals surface area contributed by atoms with Gasteiger partial charge in [0.05, 0.1) is 11.4 Å². The topological polar surface area (TPSA) is 70.8 Å². The van der Waals surface area contributed by atoms with E-state index >= 15 is 0 Å². The Hall–Kier alpha value is -2.93. The maximum Gasteiger partial charge on any atom is 0.511 e. The molecule has 4 heterocycles. The number of sulfonamides is 1. The number of thiazole rings is 1. The first-order valence-electron chi connectivity index (χ1n) is 11.7. The molecule has 0 spiro atoms. The van der Waals surface area contributed by atoms with Crippen molar-refractivity contribution in [2.24, 2.45) is 0 Å². The second-order valence-electron chi connectivity index (χ2n) is 8.75. The van der Waals surface area contributed by atoms with Crippen LogP contribution in [0.2, 0.25) is 5.02 Å². The molecular formula is C25H23ClF3N5O2S2. The molecule has 0 radical (unpaired) electrons. The zero-order valence-electron chi connectivity index (χ0n) is 20.4. The van der Waals surface area contributed by atoms with E-state index in [9.17, 15) is 21.6 Å². The first-order valence-corrected chi connectivity index (χ1v) is 14.4. The molecular weight excluding hydrogens is 559 g/mol. The molecule has 200 valence electrons. The van der Waals surface area contributed by atoms with Crippen LogP contribution in [0.15, 0.2) is 54.1 Å². The molecule has 5 rings (SSSR count). The van der Waals surface area contributed by atoms with Gasteiger partial charge in [-0.1, -0.05) is 36.7 Å². The summed E-state index contributed by atoms with van der Waals surface area (Å²) in [6, 6.07) is 11.2. The third-order valence-electron chi connectivity index (χ3n) is 6.41. The molecule has 0 atom stereocenters. The molecule has 38 heavy (non-hydrogen) atoms. The summed E-state index contributed by atoms with van der Waals surface area (Å²) in [6.45, 7) is 1.44. The van der Waals surface area contributed by atoms with Crippen LogP contribution < -0.4 is 4.90 Å². The third kappa shape index (κ3) is 4.81. The van der Waals surface area contributed by atoms with Crippen molar-refractivity contribution in [2.45, 2.75) is 25.3 Å². The zero-order chi connectivity index (χ0) is 27.2. The average molecular weight is 582 g/mol. The SMILES string of the molecule is CCc1nc2ccc(C3=CCN(S(=O)(=O)C(F)(F)F)CC3)cn2c1N(C)c1nc(-c2ccc(Cl)cc2)cs1. The number of halogens is 4. The summed E-state index contributed by atoms with van der Waals surface area (Å²) < 4.78 is 64.8. The minimum absolute atomic E-state index is 0.165. The van der Waals surface area contributed by atoms with E-state index < -0.39 is 15.5 Å². The summed E-state index contributed by atoms with van der Waals surface area (Å²) in [5.41, 5.74) is -0.378. The van der Waals surface area contributed by atoms with Gasteiger partial charge in [0.15, 0.2) is 5.13 Å². The predicted molar refractivity (Wildman–Crippen MR) is 144 cm³/mol. The van der Waals surface area contributed by atoms with E-state index in [4.69, 9.17) is 21.6 Å². The number of hydrogen-bond acceptors (Lipinski definition) is 6. The molecule has 0 amide bonds. The number of rotatable bonds is 6. The van der Waals surface area contributed by atoms with Gasteiger partial charge in [0.2, 0.25) is 0 Å². The lowest BCUT2D eigenvalue weighted by Gasteiger charge is -2.26. The monoisotopic (exact) mass is 581 g/mol. The van der Waals surface area contributed by atoms with Crippen LogP contribution in [0.1, 0.15) is 24.6 Å². The van der Waals surface area contributed by atoms with E-state index in [0.717, 1.165) is 44.7 Å². The Morgan fingerprint density at radius 1 is 1.11 bits per heavy atom. The van der Waals surface area contributed by atoms with Gasteiger partial charge in [-0.05, 0) is 48.2 Å². The Morgan fingerprint density at radius 2 is 1.82 bits per heavy atom. The summed E-state index contributed by atoms with van der Waals surface area (Å²) in [4.78, 5) is 11.5. The molecule has 1 aromatic carbocycles. The lowest BCUT2D eigenvalue weighted by Crippen LogP contribution is -2.42. The fourth-order valence-corrected chi connectivity index (χ4v) is 6.23. The van der Waals surface area contributed by atoms with Crippen LogP contribution in [0.25, 0.3) is 22.5 Å². The van der Waals surface area contributed by atoms with Gasteiger partial charge in [-0.2, -0.15) is 17.5 Å². The second kappa shape index (κ2) is 9.99. The van der Waals surface area contributed by atoms with Crippen molar-refractivity contribution in [1.29, 1.82) is 0 Å². The van der Waals surface area contributed by atoms with Crippen LogP contribution >= 0.6 is 22.9 Å². The van der Waals surface area contributed by atoms with Crippen molar-refractivity contribution in [1.82, 2.24) is 18.7 Å². The first-order chi connectivity index (χ1) is 18.0. The molecule has 0 saturated heterocycles. The van der Waals surface area contributed by atoms with Crippen molar-refractivity contribution in [3.63, 3.8) is 0 Å². The zero-order valence-corrected chi connectivity index (χ0v) is 22.8. The Bertz CT molecular complexity index is 1630. The Balaban J connectivity index is 1.47. The summed E-state index contributed by atoms with van der Waals surface area (Å²) in [5.74, 6) is 0.832. The highest BCUT2D eigenvalue weighted by atomic mass is 35.5. The van der Waals surface area contributed by atoms with Crippen molar-refractivity contribution in [3.05, 3.63) is 70.3 Å². The number of imidazole rings is 1. The van der Waals surface area contributed by atoms with Gasteiger partial charge in [-0.15, -0.1) is 11.3 Å². The van der Waals surface area contributed by atoms with E-state index in [1.165, 1.54) is 17.4 Å². The number of fused-ring (bicyclic) bond motifs is 1. The fraction of sp³-hybridized carbons (Fsp3) is 0.280. The summed E-state index contributed by atoms with van der Waals surface area (Å²) in [5, 5.41) is 3.39. The molecule has 7 nitrogen and oxygen atoms in total.